The smallest absolute Gasteiger partial charge is 0.373 e. The van der Waals surface area contributed by atoms with Gasteiger partial charge >= 0.3 is 6.18 Å². The number of nitrogens with one attached hydrogen (secondary N) is 1. The zero-order valence-corrected chi connectivity index (χ0v) is 18.3. The number of anilines is 1. The molecule has 2 rings (SSSR count). The van der Waals surface area contributed by atoms with Gasteiger partial charge in [0.25, 0.3) is 11.8 Å². The number of halogens is 5. The number of carbonyl (C=O) groups is 2. The minimum absolute atomic E-state index is 0.0512. The average molecular weight is 479 g/mol. The van der Waals surface area contributed by atoms with Crippen LogP contribution >= 0.6 is 23.4 Å². The number of alkyl halides is 3. The van der Waals surface area contributed by atoms with E-state index in [1.54, 1.807) is 36.6 Å². The highest BCUT2D eigenvalue weighted by Gasteiger charge is 2.55. The van der Waals surface area contributed by atoms with E-state index in [-0.39, 0.29) is 17.7 Å². The molecular weight excluding hydrogens is 460 g/mol. The zero-order chi connectivity index (χ0) is 23.6. The molecule has 0 aliphatic heterocycles. The van der Waals surface area contributed by atoms with Gasteiger partial charge in [-0.3, -0.25) is 9.59 Å². The van der Waals surface area contributed by atoms with Crippen LogP contribution in [-0.2, 0) is 4.79 Å². The van der Waals surface area contributed by atoms with Crippen LogP contribution in [0.5, 0.6) is 0 Å². The van der Waals surface area contributed by atoms with Gasteiger partial charge in [-0.15, -0.1) is 0 Å². The van der Waals surface area contributed by atoms with Crippen LogP contribution in [0.1, 0.15) is 24.2 Å². The highest BCUT2D eigenvalue weighted by molar-refractivity contribution is 7.99. The molecule has 0 fully saturated rings. The molecule has 0 aromatic heterocycles. The van der Waals surface area contributed by atoms with Crippen molar-refractivity contribution in [3.05, 3.63) is 52.8 Å². The summed E-state index contributed by atoms with van der Waals surface area (Å²) in [5, 5.41) is 10.6. The standard InChI is InChI=1S/C20H19ClF4N2O3S/c1-4-27(3)17(28)11-5-7-12(8-6-11)31-14-10-9-13(15(21)16(14)22)26-18(29)19(2,30)20(23,24)25/h5-10,30H,4H2,1-3H3,(H,26,29)/t19-/m1/s1. The van der Waals surface area contributed by atoms with Crippen molar-refractivity contribution >= 4 is 40.9 Å². The molecule has 5 nitrogen and oxygen atoms in total. The number of nitrogens with zero attached hydrogens (tertiary/aromatic N) is 1. The van der Waals surface area contributed by atoms with E-state index in [1.807, 2.05) is 6.92 Å². The summed E-state index contributed by atoms with van der Waals surface area (Å²) in [4.78, 5) is 26.1. The summed E-state index contributed by atoms with van der Waals surface area (Å²) in [5.74, 6) is -2.91. The van der Waals surface area contributed by atoms with Gasteiger partial charge in [0.2, 0.25) is 5.60 Å². The lowest BCUT2D eigenvalue weighted by Gasteiger charge is -2.25. The van der Waals surface area contributed by atoms with Crippen molar-refractivity contribution in [3.63, 3.8) is 0 Å². The minimum atomic E-state index is -5.22. The number of hydrogen-bond acceptors (Lipinski definition) is 4. The van der Waals surface area contributed by atoms with Gasteiger partial charge in [0.15, 0.2) is 5.82 Å². The largest absolute Gasteiger partial charge is 0.426 e. The highest BCUT2D eigenvalue weighted by Crippen LogP contribution is 2.37. The normalized spacial score (nSPS) is 13.5. The Balaban J connectivity index is 2.19. The van der Waals surface area contributed by atoms with Gasteiger partial charge in [0.1, 0.15) is 5.02 Å². The van der Waals surface area contributed by atoms with Gasteiger partial charge in [0.05, 0.1) is 5.69 Å². The fraction of sp³-hybridized carbons (Fsp3) is 0.300. The van der Waals surface area contributed by atoms with Crippen LogP contribution in [0.3, 0.4) is 0 Å². The SMILES string of the molecule is CCN(C)C(=O)c1ccc(Sc2ccc(NC(=O)[C@@](C)(O)C(F)(F)F)c(Cl)c2F)cc1. The zero-order valence-electron chi connectivity index (χ0n) is 16.7. The van der Waals surface area contributed by atoms with Crippen LogP contribution in [0, 0.1) is 5.82 Å². The van der Waals surface area contributed by atoms with Gasteiger partial charge in [-0.2, -0.15) is 13.2 Å². The van der Waals surface area contributed by atoms with Gasteiger partial charge < -0.3 is 15.3 Å². The van der Waals surface area contributed by atoms with Crippen LogP contribution < -0.4 is 5.32 Å². The van der Waals surface area contributed by atoms with Crippen LogP contribution in [0.4, 0.5) is 23.2 Å². The number of carbonyl (C=O) groups excluding carboxylic acids is 2. The van der Waals surface area contributed by atoms with E-state index in [0.29, 0.717) is 17.0 Å². The van der Waals surface area contributed by atoms with Gasteiger partial charge in [-0.05, 0) is 50.2 Å². The maximum atomic E-state index is 14.6. The van der Waals surface area contributed by atoms with E-state index in [2.05, 4.69) is 0 Å². The predicted molar refractivity (Wildman–Crippen MR) is 110 cm³/mol. The van der Waals surface area contributed by atoms with E-state index >= 15 is 0 Å². The second-order valence-corrected chi connectivity index (χ2v) is 8.20. The second-order valence-electron chi connectivity index (χ2n) is 6.71. The van der Waals surface area contributed by atoms with Crippen molar-refractivity contribution in [1.82, 2.24) is 4.90 Å². The van der Waals surface area contributed by atoms with Crippen LogP contribution in [0.15, 0.2) is 46.2 Å². The fourth-order valence-electron chi connectivity index (χ4n) is 2.24. The lowest BCUT2D eigenvalue weighted by Crippen LogP contribution is -2.52. The van der Waals surface area contributed by atoms with Gasteiger partial charge in [0, 0.05) is 28.9 Å². The number of benzene rings is 2. The van der Waals surface area contributed by atoms with Crippen molar-refractivity contribution in [3.8, 4) is 0 Å². The average Bonchev–Trinajstić information content (AvgIpc) is 2.71. The van der Waals surface area contributed by atoms with Crippen molar-refractivity contribution < 1.29 is 32.3 Å². The third kappa shape index (κ3) is 5.50. The molecule has 0 radical (unpaired) electrons. The Bertz CT molecular complexity index is 982. The monoisotopic (exact) mass is 478 g/mol. The Labute approximate surface area is 185 Å². The molecule has 2 amide bonds. The first kappa shape index (κ1) is 25.0. The van der Waals surface area contributed by atoms with E-state index < -0.39 is 34.2 Å². The summed E-state index contributed by atoms with van der Waals surface area (Å²) in [7, 11) is 1.66. The molecule has 1 atom stereocenters. The molecule has 0 spiro atoms. The van der Waals surface area contributed by atoms with E-state index in [1.165, 1.54) is 11.0 Å². The first-order valence-corrected chi connectivity index (χ1v) is 10.1. The van der Waals surface area contributed by atoms with Crippen molar-refractivity contribution in [2.45, 2.75) is 35.4 Å². The molecule has 0 aliphatic carbocycles. The molecule has 0 saturated heterocycles. The summed E-state index contributed by atoms with van der Waals surface area (Å²) in [6.07, 6.45) is -5.22. The molecule has 2 N–H and O–H groups in total. The maximum Gasteiger partial charge on any atom is 0.426 e. The number of aliphatic hydroxyl groups is 1. The summed E-state index contributed by atoms with van der Waals surface area (Å²) in [6, 6.07) is 8.77. The molecule has 2 aromatic rings. The molecule has 168 valence electrons. The van der Waals surface area contributed by atoms with Crippen LogP contribution in [0.25, 0.3) is 0 Å². The molecule has 0 saturated carbocycles. The van der Waals surface area contributed by atoms with Gasteiger partial charge in [-0.25, -0.2) is 4.39 Å². The van der Waals surface area contributed by atoms with E-state index in [0.717, 1.165) is 17.8 Å². The lowest BCUT2D eigenvalue weighted by atomic mass is 10.1. The van der Waals surface area contributed by atoms with Crippen LogP contribution in [0.2, 0.25) is 5.02 Å². The molecule has 2 aromatic carbocycles. The van der Waals surface area contributed by atoms with Crippen LogP contribution in [-0.4, -0.2) is 47.2 Å². The summed E-state index contributed by atoms with van der Waals surface area (Å²) in [5.41, 5.74) is -3.63. The van der Waals surface area contributed by atoms with Gasteiger partial charge in [-0.1, -0.05) is 23.4 Å². The molecular formula is C20H19ClF4N2O3S. The molecule has 0 bridgehead atoms. The third-order valence-electron chi connectivity index (χ3n) is 4.44. The fourth-order valence-corrected chi connectivity index (χ4v) is 3.36. The number of rotatable bonds is 6. The highest BCUT2D eigenvalue weighted by atomic mass is 35.5. The Morgan fingerprint density at radius 2 is 1.74 bits per heavy atom. The molecule has 0 heterocycles. The summed E-state index contributed by atoms with van der Waals surface area (Å²) >= 11 is 6.85. The quantitative estimate of drug-likeness (QED) is 0.575. The van der Waals surface area contributed by atoms with Crippen molar-refractivity contribution in [1.29, 1.82) is 0 Å². The number of amides is 2. The summed E-state index contributed by atoms with van der Waals surface area (Å²) < 4.78 is 52.9. The van der Waals surface area contributed by atoms with E-state index in [4.69, 9.17) is 11.6 Å². The maximum absolute atomic E-state index is 14.6. The van der Waals surface area contributed by atoms with Crippen molar-refractivity contribution in [2.75, 3.05) is 18.9 Å². The predicted octanol–water partition coefficient (Wildman–Crippen LogP) is 4.97. The first-order chi connectivity index (χ1) is 14.3. The summed E-state index contributed by atoms with van der Waals surface area (Å²) in [6.45, 7) is 2.66. The number of hydrogen-bond donors (Lipinski definition) is 2. The molecule has 0 aliphatic rings. The topological polar surface area (TPSA) is 69.6 Å². The Kier molecular flexibility index (Phi) is 7.61. The third-order valence-corrected chi connectivity index (χ3v) is 5.85. The van der Waals surface area contributed by atoms with Crippen molar-refractivity contribution in [2.24, 2.45) is 0 Å². The molecule has 0 unspecified atom stereocenters. The molecule has 11 heteroatoms. The Morgan fingerprint density at radius 1 is 1.16 bits per heavy atom. The van der Waals surface area contributed by atoms with E-state index in [9.17, 15) is 32.3 Å². The Morgan fingerprint density at radius 3 is 2.26 bits per heavy atom. The lowest BCUT2D eigenvalue weighted by molar-refractivity contribution is -0.242. The first-order valence-electron chi connectivity index (χ1n) is 8.91. The second kappa shape index (κ2) is 9.46. The molecule has 31 heavy (non-hydrogen) atoms. The Hall–Kier alpha value is -2.30. The minimum Gasteiger partial charge on any atom is -0.373 e.